The average molecular weight is 564 g/mol. The number of rotatable bonds is 10. The number of amides is 2. The van der Waals surface area contributed by atoms with Gasteiger partial charge >= 0.3 is 6.09 Å². The van der Waals surface area contributed by atoms with E-state index in [1.54, 1.807) is 32.6 Å². The minimum atomic E-state index is -0.919. The zero-order valence-electron chi connectivity index (χ0n) is 23.8. The van der Waals surface area contributed by atoms with Gasteiger partial charge in [-0.2, -0.15) is 0 Å². The molecule has 1 aliphatic rings. The molecule has 0 spiro atoms. The van der Waals surface area contributed by atoms with E-state index in [0.29, 0.717) is 32.7 Å². The van der Waals surface area contributed by atoms with Crippen molar-refractivity contribution in [1.82, 2.24) is 15.3 Å². The fourth-order valence-electron chi connectivity index (χ4n) is 4.18. The molecule has 1 aliphatic heterocycles. The van der Waals surface area contributed by atoms with Gasteiger partial charge in [-0.15, -0.1) is 0 Å². The van der Waals surface area contributed by atoms with Crippen LogP contribution >= 0.6 is 0 Å². The third kappa shape index (κ3) is 8.63. The number of carbonyl (C=O) groups is 2. The first-order chi connectivity index (χ1) is 18.7. The number of nitrogens with one attached hydrogen (secondary N) is 3. The lowest BCUT2D eigenvalue weighted by atomic mass is 9.98. The van der Waals surface area contributed by atoms with Crippen molar-refractivity contribution in [2.45, 2.75) is 65.6 Å². The quantitative estimate of drug-likeness (QED) is 0.335. The average Bonchev–Trinajstić information content (AvgIpc) is 2.84. The zero-order valence-corrected chi connectivity index (χ0v) is 23.8. The number of carbonyl (C=O) groups excluding carboxylic acids is 2. The molecule has 40 heavy (non-hydrogen) atoms. The van der Waals surface area contributed by atoms with E-state index in [1.165, 1.54) is 12.3 Å². The number of pyridine rings is 2. The Morgan fingerprint density at radius 1 is 1.12 bits per heavy atom. The second-order valence-corrected chi connectivity index (χ2v) is 11.1. The smallest absolute Gasteiger partial charge is 0.407 e. The Morgan fingerprint density at radius 3 is 2.38 bits per heavy atom. The van der Waals surface area contributed by atoms with Crippen LogP contribution < -0.4 is 26.6 Å². The molecule has 3 rings (SSSR count). The SMILES string of the molecule is CC(C)C[C@@H](Nc1nc(Nc2cnc(N3CCOCC3)c(F)c2)c(C(N)=O)cc1F)[C@H](C)NC(=O)OC(C)(C)C. The molecule has 1 fully saturated rings. The lowest BCUT2D eigenvalue weighted by molar-refractivity contribution is 0.0501. The molecule has 13 heteroatoms. The van der Waals surface area contributed by atoms with Gasteiger partial charge in [0.15, 0.2) is 23.3 Å². The summed E-state index contributed by atoms with van der Waals surface area (Å²) < 4.78 is 40.7. The maximum absolute atomic E-state index is 15.1. The van der Waals surface area contributed by atoms with E-state index in [2.05, 4.69) is 25.9 Å². The Kier molecular flexibility index (Phi) is 10.1. The summed E-state index contributed by atoms with van der Waals surface area (Å²) in [5.74, 6) is -2.19. The summed E-state index contributed by atoms with van der Waals surface area (Å²) in [6, 6.07) is 1.25. The first-order valence-corrected chi connectivity index (χ1v) is 13.2. The van der Waals surface area contributed by atoms with E-state index < -0.39 is 41.3 Å². The van der Waals surface area contributed by atoms with Crippen LogP contribution in [0.4, 0.5) is 36.7 Å². The summed E-state index contributed by atoms with van der Waals surface area (Å²) in [6.07, 6.45) is 1.34. The van der Waals surface area contributed by atoms with Gasteiger partial charge in [0.25, 0.3) is 5.91 Å². The zero-order chi connectivity index (χ0) is 29.6. The van der Waals surface area contributed by atoms with Crippen LogP contribution in [0.2, 0.25) is 0 Å². The molecule has 220 valence electrons. The van der Waals surface area contributed by atoms with E-state index in [4.69, 9.17) is 15.2 Å². The highest BCUT2D eigenvalue weighted by atomic mass is 19.1. The van der Waals surface area contributed by atoms with Gasteiger partial charge in [-0.3, -0.25) is 4.79 Å². The normalized spacial score (nSPS) is 15.4. The number of nitrogens with zero attached hydrogens (tertiary/aromatic N) is 3. The maximum atomic E-state index is 15.1. The van der Waals surface area contributed by atoms with Gasteiger partial charge < -0.3 is 36.1 Å². The monoisotopic (exact) mass is 563 g/mol. The summed E-state index contributed by atoms with van der Waals surface area (Å²) in [7, 11) is 0. The number of morpholine rings is 1. The molecule has 11 nitrogen and oxygen atoms in total. The summed E-state index contributed by atoms with van der Waals surface area (Å²) >= 11 is 0. The number of hydrogen-bond acceptors (Lipinski definition) is 9. The van der Waals surface area contributed by atoms with Gasteiger partial charge in [0.1, 0.15) is 11.4 Å². The van der Waals surface area contributed by atoms with Crippen molar-refractivity contribution in [1.29, 1.82) is 0 Å². The van der Waals surface area contributed by atoms with Gasteiger partial charge in [-0.1, -0.05) is 13.8 Å². The Hall–Kier alpha value is -3.74. The fourth-order valence-corrected chi connectivity index (χ4v) is 4.18. The van der Waals surface area contributed by atoms with Crippen LogP contribution in [0, 0.1) is 17.6 Å². The molecule has 2 amide bonds. The van der Waals surface area contributed by atoms with Crippen molar-refractivity contribution < 1.29 is 27.8 Å². The first-order valence-electron chi connectivity index (χ1n) is 13.2. The molecule has 3 heterocycles. The molecule has 2 aromatic heterocycles. The molecule has 0 bridgehead atoms. The third-order valence-electron chi connectivity index (χ3n) is 6.03. The van der Waals surface area contributed by atoms with Gasteiger partial charge in [0.2, 0.25) is 0 Å². The number of nitrogens with two attached hydrogens (primary N) is 1. The van der Waals surface area contributed by atoms with E-state index in [1.807, 2.05) is 13.8 Å². The summed E-state index contributed by atoms with van der Waals surface area (Å²) in [6.45, 7) is 13.0. The Bertz CT molecular complexity index is 1200. The maximum Gasteiger partial charge on any atom is 0.407 e. The number of halogens is 2. The number of anilines is 4. The molecule has 2 atom stereocenters. The molecule has 1 saturated heterocycles. The van der Waals surface area contributed by atoms with Crippen molar-refractivity contribution in [2.75, 3.05) is 41.8 Å². The second-order valence-electron chi connectivity index (χ2n) is 11.1. The summed E-state index contributed by atoms with van der Waals surface area (Å²) in [5, 5.41) is 8.66. The lowest BCUT2D eigenvalue weighted by Crippen LogP contribution is -2.47. The Balaban J connectivity index is 1.86. The molecule has 0 aromatic carbocycles. The van der Waals surface area contributed by atoms with Gasteiger partial charge in [0.05, 0.1) is 30.7 Å². The van der Waals surface area contributed by atoms with Crippen LogP contribution in [0.3, 0.4) is 0 Å². The van der Waals surface area contributed by atoms with Crippen molar-refractivity contribution in [3.8, 4) is 0 Å². The Morgan fingerprint density at radius 2 is 1.80 bits per heavy atom. The highest BCUT2D eigenvalue weighted by Gasteiger charge is 2.26. The van der Waals surface area contributed by atoms with Gasteiger partial charge in [0, 0.05) is 31.2 Å². The van der Waals surface area contributed by atoms with Crippen molar-refractivity contribution in [3.05, 3.63) is 35.5 Å². The molecule has 0 aliphatic carbocycles. The van der Waals surface area contributed by atoms with Crippen LogP contribution in [0.1, 0.15) is 58.3 Å². The van der Waals surface area contributed by atoms with Gasteiger partial charge in [-0.05, 0) is 46.1 Å². The molecular weight excluding hydrogens is 524 g/mol. The molecular formula is C27H39F2N7O4. The number of alkyl carbamates (subject to hydrolysis) is 1. The lowest BCUT2D eigenvalue weighted by Gasteiger charge is -2.29. The highest BCUT2D eigenvalue weighted by Crippen LogP contribution is 2.27. The predicted octanol–water partition coefficient (Wildman–Crippen LogP) is 4.17. The standard InChI is InChI=1S/C27H39F2N7O4/c1-15(2)11-21(16(3)32-26(38)40-27(4,5)6)34-24-19(28)13-18(22(30)37)23(35-24)33-17-12-20(29)25(31-14-17)36-7-9-39-10-8-36/h12-16,21H,7-11H2,1-6H3,(H2,30,37)(H,32,38)(H2,33,34,35)/t16-,21+/m0/s1. The molecule has 0 unspecified atom stereocenters. The number of ether oxygens (including phenoxy) is 2. The van der Waals surface area contributed by atoms with Crippen LogP contribution in [0.5, 0.6) is 0 Å². The number of aromatic nitrogens is 2. The first kappa shape index (κ1) is 30.8. The Labute approximate surface area is 233 Å². The molecule has 2 aromatic rings. The van der Waals surface area contributed by atoms with E-state index in [9.17, 15) is 14.0 Å². The van der Waals surface area contributed by atoms with Crippen molar-refractivity contribution in [3.63, 3.8) is 0 Å². The van der Waals surface area contributed by atoms with Crippen LogP contribution in [0.25, 0.3) is 0 Å². The van der Waals surface area contributed by atoms with E-state index in [-0.39, 0.29) is 34.6 Å². The van der Waals surface area contributed by atoms with Gasteiger partial charge in [-0.25, -0.2) is 23.5 Å². The highest BCUT2D eigenvalue weighted by molar-refractivity contribution is 5.98. The second kappa shape index (κ2) is 13.1. The van der Waals surface area contributed by atoms with E-state index >= 15 is 4.39 Å². The van der Waals surface area contributed by atoms with Crippen LogP contribution in [0.15, 0.2) is 18.3 Å². The number of hydrogen-bond donors (Lipinski definition) is 4. The summed E-state index contributed by atoms with van der Waals surface area (Å²) in [4.78, 5) is 34.7. The summed E-state index contributed by atoms with van der Waals surface area (Å²) in [5.41, 5.74) is 4.78. The van der Waals surface area contributed by atoms with Crippen LogP contribution in [-0.4, -0.2) is 66.0 Å². The third-order valence-corrected chi connectivity index (χ3v) is 6.03. The molecule has 0 radical (unpaired) electrons. The van der Waals surface area contributed by atoms with Crippen molar-refractivity contribution >= 4 is 35.1 Å². The largest absolute Gasteiger partial charge is 0.444 e. The minimum absolute atomic E-state index is 0.0761. The topological polar surface area (TPSA) is 144 Å². The van der Waals surface area contributed by atoms with E-state index in [0.717, 1.165) is 6.07 Å². The minimum Gasteiger partial charge on any atom is -0.444 e. The predicted molar refractivity (Wildman–Crippen MR) is 149 cm³/mol. The fraction of sp³-hybridized carbons (Fsp3) is 0.556. The molecule has 0 saturated carbocycles. The van der Waals surface area contributed by atoms with Crippen LogP contribution in [-0.2, 0) is 9.47 Å². The van der Waals surface area contributed by atoms with Crippen molar-refractivity contribution in [2.24, 2.45) is 11.7 Å². The molecule has 5 N–H and O–H groups in total. The number of primary amides is 1.